The van der Waals surface area contributed by atoms with Gasteiger partial charge in [-0.2, -0.15) is 0 Å². The van der Waals surface area contributed by atoms with Gasteiger partial charge in [0.25, 0.3) is 0 Å². The van der Waals surface area contributed by atoms with Crippen LogP contribution in [-0.4, -0.2) is 13.1 Å². The third-order valence-electron chi connectivity index (χ3n) is 3.30. The van der Waals surface area contributed by atoms with Crippen molar-refractivity contribution in [2.75, 3.05) is 13.1 Å². The van der Waals surface area contributed by atoms with Crippen LogP contribution < -0.4 is 5.32 Å². The molecule has 0 heterocycles. The SMILES string of the molecule is CCCNCCCCCCc1cc(C)c(F)cc1Cl. The molecule has 0 atom stereocenters. The van der Waals surface area contributed by atoms with Crippen LogP contribution in [0.1, 0.15) is 50.2 Å². The summed E-state index contributed by atoms with van der Waals surface area (Å²) in [4.78, 5) is 0. The van der Waals surface area contributed by atoms with Crippen molar-refractivity contribution in [1.29, 1.82) is 0 Å². The molecule has 1 aromatic carbocycles. The minimum Gasteiger partial charge on any atom is -0.317 e. The first-order chi connectivity index (χ1) is 9.15. The lowest BCUT2D eigenvalue weighted by Gasteiger charge is -2.07. The highest BCUT2D eigenvalue weighted by molar-refractivity contribution is 6.31. The van der Waals surface area contributed by atoms with E-state index < -0.39 is 0 Å². The second kappa shape index (κ2) is 9.33. The molecule has 108 valence electrons. The van der Waals surface area contributed by atoms with Crippen LogP contribution in [-0.2, 0) is 6.42 Å². The largest absolute Gasteiger partial charge is 0.317 e. The normalized spacial score (nSPS) is 10.9. The van der Waals surface area contributed by atoms with Crippen LogP contribution in [0.4, 0.5) is 4.39 Å². The molecule has 0 unspecified atom stereocenters. The van der Waals surface area contributed by atoms with Crippen molar-refractivity contribution in [3.05, 3.63) is 34.1 Å². The predicted octanol–water partition coefficient (Wildman–Crippen LogP) is 4.89. The molecule has 0 saturated carbocycles. The maximum Gasteiger partial charge on any atom is 0.127 e. The van der Waals surface area contributed by atoms with E-state index in [9.17, 15) is 4.39 Å². The molecule has 0 amide bonds. The van der Waals surface area contributed by atoms with E-state index in [0.29, 0.717) is 10.6 Å². The Kier molecular flexibility index (Phi) is 8.08. The van der Waals surface area contributed by atoms with Gasteiger partial charge in [-0.15, -0.1) is 0 Å². The highest BCUT2D eigenvalue weighted by Gasteiger charge is 2.05. The first-order valence-corrected chi connectivity index (χ1v) is 7.68. The van der Waals surface area contributed by atoms with Crippen LogP contribution in [0.25, 0.3) is 0 Å². The summed E-state index contributed by atoms with van der Waals surface area (Å²) in [6, 6.07) is 3.31. The summed E-state index contributed by atoms with van der Waals surface area (Å²) in [5, 5.41) is 3.97. The number of nitrogens with one attached hydrogen (secondary N) is 1. The summed E-state index contributed by atoms with van der Waals surface area (Å²) < 4.78 is 13.3. The van der Waals surface area contributed by atoms with Gasteiger partial charge >= 0.3 is 0 Å². The summed E-state index contributed by atoms with van der Waals surface area (Å²) in [5.74, 6) is -0.212. The molecule has 1 N–H and O–H groups in total. The van der Waals surface area contributed by atoms with Gasteiger partial charge in [-0.1, -0.05) is 37.4 Å². The quantitative estimate of drug-likeness (QED) is 0.637. The molecule has 0 fully saturated rings. The predicted molar refractivity (Wildman–Crippen MR) is 81.5 cm³/mol. The molecule has 0 saturated heterocycles. The van der Waals surface area contributed by atoms with Crippen LogP contribution >= 0.6 is 11.6 Å². The fourth-order valence-electron chi connectivity index (χ4n) is 2.13. The van der Waals surface area contributed by atoms with Crippen LogP contribution in [0.3, 0.4) is 0 Å². The van der Waals surface area contributed by atoms with Crippen molar-refractivity contribution in [3.8, 4) is 0 Å². The summed E-state index contributed by atoms with van der Waals surface area (Å²) in [6.07, 6.45) is 6.95. The highest BCUT2D eigenvalue weighted by Crippen LogP contribution is 2.22. The number of hydrogen-bond donors (Lipinski definition) is 1. The van der Waals surface area contributed by atoms with Crippen molar-refractivity contribution >= 4 is 11.6 Å². The lowest BCUT2D eigenvalue weighted by molar-refractivity contribution is 0.584. The molecular formula is C16H25ClFN. The zero-order valence-corrected chi connectivity index (χ0v) is 12.8. The Labute approximate surface area is 121 Å². The topological polar surface area (TPSA) is 12.0 Å². The number of hydrogen-bond acceptors (Lipinski definition) is 1. The monoisotopic (exact) mass is 285 g/mol. The van der Waals surface area contributed by atoms with Crippen LogP contribution in [0.5, 0.6) is 0 Å². The summed E-state index contributed by atoms with van der Waals surface area (Å²) in [6.45, 7) is 6.20. The Hall–Kier alpha value is -0.600. The molecule has 0 bridgehead atoms. The van der Waals surface area contributed by atoms with Crippen molar-refractivity contribution in [2.24, 2.45) is 0 Å². The number of halogens is 2. The Balaban J connectivity index is 2.17. The second-order valence-corrected chi connectivity index (χ2v) is 5.51. The van der Waals surface area contributed by atoms with Gasteiger partial charge in [0.15, 0.2) is 0 Å². The van der Waals surface area contributed by atoms with Gasteiger partial charge in [0.2, 0.25) is 0 Å². The summed E-state index contributed by atoms with van der Waals surface area (Å²) >= 11 is 6.05. The molecule has 0 radical (unpaired) electrons. The fraction of sp³-hybridized carbons (Fsp3) is 0.625. The molecule has 0 aliphatic heterocycles. The third-order valence-corrected chi connectivity index (χ3v) is 3.66. The van der Waals surface area contributed by atoms with E-state index in [0.717, 1.165) is 31.5 Å². The van der Waals surface area contributed by atoms with Crippen molar-refractivity contribution in [2.45, 2.75) is 52.4 Å². The Morgan fingerprint density at radius 1 is 1.11 bits per heavy atom. The Morgan fingerprint density at radius 2 is 1.84 bits per heavy atom. The van der Waals surface area contributed by atoms with Crippen LogP contribution in [0.2, 0.25) is 5.02 Å². The molecule has 19 heavy (non-hydrogen) atoms. The van der Waals surface area contributed by atoms with E-state index in [1.54, 1.807) is 6.92 Å². The highest BCUT2D eigenvalue weighted by atomic mass is 35.5. The van der Waals surface area contributed by atoms with Gasteiger partial charge in [0.05, 0.1) is 0 Å². The Bertz CT molecular complexity index is 379. The molecule has 0 aliphatic carbocycles. The summed E-state index contributed by atoms with van der Waals surface area (Å²) in [5.41, 5.74) is 1.76. The zero-order chi connectivity index (χ0) is 14.1. The van der Waals surface area contributed by atoms with E-state index in [-0.39, 0.29) is 5.82 Å². The van der Waals surface area contributed by atoms with Crippen molar-refractivity contribution < 1.29 is 4.39 Å². The van der Waals surface area contributed by atoms with Gasteiger partial charge in [0.1, 0.15) is 5.82 Å². The fourth-order valence-corrected chi connectivity index (χ4v) is 2.37. The van der Waals surface area contributed by atoms with Gasteiger partial charge in [0, 0.05) is 5.02 Å². The van der Waals surface area contributed by atoms with E-state index in [1.165, 1.54) is 31.7 Å². The van der Waals surface area contributed by atoms with Gasteiger partial charge in [-0.05, 0) is 62.9 Å². The molecular weight excluding hydrogens is 261 g/mol. The van der Waals surface area contributed by atoms with Crippen molar-refractivity contribution in [1.82, 2.24) is 5.32 Å². The zero-order valence-electron chi connectivity index (χ0n) is 12.1. The molecule has 0 aromatic heterocycles. The van der Waals surface area contributed by atoms with Gasteiger partial charge in [-0.3, -0.25) is 0 Å². The number of aryl methyl sites for hydroxylation is 2. The maximum absolute atomic E-state index is 13.3. The average Bonchev–Trinajstić information content (AvgIpc) is 2.38. The Morgan fingerprint density at radius 3 is 2.58 bits per heavy atom. The maximum atomic E-state index is 13.3. The molecule has 1 aromatic rings. The standard InChI is InChI=1S/C16H25ClFN/c1-3-9-19-10-7-5-4-6-8-14-11-13(2)16(18)12-15(14)17/h11-12,19H,3-10H2,1-2H3. The van der Waals surface area contributed by atoms with Gasteiger partial charge < -0.3 is 5.32 Å². The number of benzene rings is 1. The summed E-state index contributed by atoms with van der Waals surface area (Å²) in [7, 11) is 0. The minimum absolute atomic E-state index is 0.212. The number of unbranched alkanes of at least 4 members (excludes halogenated alkanes) is 3. The van der Waals surface area contributed by atoms with Crippen LogP contribution in [0.15, 0.2) is 12.1 Å². The lowest BCUT2D eigenvalue weighted by Crippen LogP contribution is -2.15. The van der Waals surface area contributed by atoms with Crippen LogP contribution in [0, 0.1) is 12.7 Å². The van der Waals surface area contributed by atoms with E-state index >= 15 is 0 Å². The first kappa shape index (κ1) is 16.5. The smallest absolute Gasteiger partial charge is 0.127 e. The molecule has 1 nitrogen and oxygen atoms in total. The van der Waals surface area contributed by atoms with Gasteiger partial charge in [-0.25, -0.2) is 4.39 Å². The third kappa shape index (κ3) is 6.40. The molecule has 1 rings (SSSR count). The average molecular weight is 286 g/mol. The molecule has 3 heteroatoms. The minimum atomic E-state index is -0.212. The molecule has 0 aliphatic rings. The van der Waals surface area contributed by atoms with E-state index in [4.69, 9.17) is 11.6 Å². The first-order valence-electron chi connectivity index (χ1n) is 7.30. The van der Waals surface area contributed by atoms with E-state index in [2.05, 4.69) is 12.2 Å². The van der Waals surface area contributed by atoms with E-state index in [1.807, 2.05) is 6.07 Å². The second-order valence-electron chi connectivity index (χ2n) is 5.11. The lowest BCUT2D eigenvalue weighted by atomic mass is 10.0. The number of rotatable bonds is 9. The van der Waals surface area contributed by atoms with Crippen molar-refractivity contribution in [3.63, 3.8) is 0 Å². The molecule has 0 spiro atoms.